The highest BCUT2D eigenvalue weighted by Gasteiger charge is 2.50. The van der Waals surface area contributed by atoms with Crippen LogP contribution in [0.4, 0.5) is 0 Å². The monoisotopic (exact) mass is 253 g/mol. The summed E-state index contributed by atoms with van der Waals surface area (Å²) in [6.07, 6.45) is 6.59. The number of carbonyl (C=O) groups excluding carboxylic acids is 2. The number of hydrogen-bond acceptors (Lipinski definition) is 3. The average molecular weight is 253 g/mol. The Morgan fingerprint density at radius 2 is 1.83 bits per heavy atom. The van der Waals surface area contributed by atoms with Crippen LogP contribution < -0.4 is 0 Å². The molecule has 0 aromatic heterocycles. The summed E-state index contributed by atoms with van der Waals surface area (Å²) >= 11 is 0. The summed E-state index contributed by atoms with van der Waals surface area (Å²) in [5, 5.41) is 9.07. The maximum atomic E-state index is 12.5. The van der Waals surface area contributed by atoms with Crippen molar-refractivity contribution in [1.82, 2.24) is 4.90 Å². The number of aliphatic hydroxyl groups excluding tert-OH is 1. The van der Waals surface area contributed by atoms with E-state index in [0.717, 1.165) is 25.7 Å². The van der Waals surface area contributed by atoms with Gasteiger partial charge in [-0.2, -0.15) is 0 Å². The van der Waals surface area contributed by atoms with Gasteiger partial charge in [-0.15, -0.1) is 0 Å². The van der Waals surface area contributed by atoms with Gasteiger partial charge in [0.2, 0.25) is 11.8 Å². The summed E-state index contributed by atoms with van der Waals surface area (Å²) in [5.41, 5.74) is -0.400. The third kappa shape index (κ3) is 2.44. The van der Waals surface area contributed by atoms with Crippen molar-refractivity contribution in [1.29, 1.82) is 0 Å². The minimum absolute atomic E-state index is 0.0179. The second-order valence-corrected chi connectivity index (χ2v) is 5.97. The molecule has 1 spiro atoms. The minimum atomic E-state index is -0.400. The van der Waals surface area contributed by atoms with Gasteiger partial charge >= 0.3 is 0 Å². The van der Waals surface area contributed by atoms with E-state index in [1.54, 1.807) is 0 Å². The van der Waals surface area contributed by atoms with Crippen molar-refractivity contribution in [2.75, 3.05) is 13.2 Å². The topological polar surface area (TPSA) is 57.6 Å². The molecule has 1 atom stereocenters. The predicted molar refractivity (Wildman–Crippen MR) is 67.7 cm³/mol. The maximum absolute atomic E-state index is 12.5. The fraction of sp³-hybridized carbons (Fsp3) is 0.857. The number of rotatable bonds is 3. The summed E-state index contributed by atoms with van der Waals surface area (Å²) < 4.78 is 0. The van der Waals surface area contributed by atoms with Crippen LogP contribution in [0.25, 0.3) is 0 Å². The Hall–Kier alpha value is -0.900. The van der Waals surface area contributed by atoms with Crippen LogP contribution in [0.2, 0.25) is 0 Å². The van der Waals surface area contributed by atoms with Gasteiger partial charge in [0, 0.05) is 19.6 Å². The molecule has 102 valence electrons. The smallest absolute Gasteiger partial charge is 0.235 e. The van der Waals surface area contributed by atoms with Crippen molar-refractivity contribution in [2.45, 2.75) is 51.9 Å². The average Bonchev–Trinajstić information content (AvgIpc) is 2.55. The van der Waals surface area contributed by atoms with Gasteiger partial charge in [-0.3, -0.25) is 14.5 Å². The molecule has 2 fully saturated rings. The van der Waals surface area contributed by atoms with E-state index in [-0.39, 0.29) is 24.3 Å². The summed E-state index contributed by atoms with van der Waals surface area (Å²) in [4.78, 5) is 26.0. The van der Waals surface area contributed by atoms with E-state index in [1.165, 1.54) is 17.7 Å². The number of aliphatic hydroxyl groups is 1. The molecule has 4 heteroatoms. The van der Waals surface area contributed by atoms with Crippen LogP contribution in [0.3, 0.4) is 0 Å². The van der Waals surface area contributed by atoms with E-state index in [4.69, 9.17) is 5.11 Å². The molecule has 18 heavy (non-hydrogen) atoms. The summed E-state index contributed by atoms with van der Waals surface area (Å²) in [6.45, 7) is 2.25. The Balaban J connectivity index is 2.11. The van der Waals surface area contributed by atoms with E-state index < -0.39 is 5.41 Å². The highest BCUT2D eigenvalue weighted by atomic mass is 16.3. The molecule has 0 bridgehead atoms. The van der Waals surface area contributed by atoms with E-state index in [1.807, 2.05) is 6.92 Å². The fourth-order valence-corrected chi connectivity index (χ4v) is 3.21. The SMILES string of the molecule is CC(CO)CN1C(=O)CC2(CCCCCC2)C1=O. The zero-order chi connectivity index (χ0) is 13.2. The van der Waals surface area contributed by atoms with Gasteiger partial charge in [-0.25, -0.2) is 0 Å². The number of imide groups is 1. The standard InChI is InChI=1S/C14H23NO3/c1-11(10-16)9-15-12(17)8-14(13(15)18)6-4-2-3-5-7-14/h11,16H,2-10H2,1H3. The van der Waals surface area contributed by atoms with Gasteiger partial charge in [0.25, 0.3) is 0 Å². The third-order valence-corrected chi connectivity index (χ3v) is 4.36. The van der Waals surface area contributed by atoms with Gasteiger partial charge < -0.3 is 5.11 Å². The first-order valence-electron chi connectivity index (χ1n) is 7.05. The van der Waals surface area contributed by atoms with Gasteiger partial charge in [0.05, 0.1) is 5.41 Å². The number of hydrogen-bond donors (Lipinski definition) is 1. The lowest BCUT2D eigenvalue weighted by Gasteiger charge is -2.25. The Morgan fingerprint density at radius 3 is 2.39 bits per heavy atom. The van der Waals surface area contributed by atoms with Crippen LogP contribution >= 0.6 is 0 Å². The Morgan fingerprint density at radius 1 is 1.22 bits per heavy atom. The number of nitrogens with zero attached hydrogens (tertiary/aromatic N) is 1. The van der Waals surface area contributed by atoms with Crippen molar-refractivity contribution < 1.29 is 14.7 Å². The Bertz CT molecular complexity index is 332. The molecule has 0 radical (unpaired) electrons. The van der Waals surface area contributed by atoms with Crippen LogP contribution in [-0.2, 0) is 9.59 Å². The van der Waals surface area contributed by atoms with Crippen molar-refractivity contribution in [3.05, 3.63) is 0 Å². The van der Waals surface area contributed by atoms with Crippen LogP contribution in [0.5, 0.6) is 0 Å². The summed E-state index contributed by atoms with van der Waals surface area (Å²) in [5.74, 6) is -0.0456. The first-order valence-corrected chi connectivity index (χ1v) is 7.05. The first-order chi connectivity index (χ1) is 8.59. The lowest BCUT2D eigenvalue weighted by Crippen LogP contribution is -2.38. The summed E-state index contributed by atoms with van der Waals surface area (Å²) in [7, 11) is 0. The molecule has 1 unspecified atom stereocenters. The highest BCUT2D eigenvalue weighted by Crippen LogP contribution is 2.44. The van der Waals surface area contributed by atoms with Crippen LogP contribution in [0.1, 0.15) is 51.9 Å². The Labute approximate surface area is 108 Å². The van der Waals surface area contributed by atoms with E-state index >= 15 is 0 Å². The molecule has 0 aromatic rings. The van der Waals surface area contributed by atoms with Gasteiger partial charge in [0.1, 0.15) is 0 Å². The molecule has 1 N–H and O–H groups in total. The minimum Gasteiger partial charge on any atom is -0.396 e. The number of amides is 2. The molecule has 0 aromatic carbocycles. The number of likely N-dealkylation sites (tertiary alicyclic amines) is 1. The van der Waals surface area contributed by atoms with Crippen molar-refractivity contribution in [2.24, 2.45) is 11.3 Å². The molecular formula is C14H23NO3. The Kier molecular flexibility index (Phi) is 4.05. The van der Waals surface area contributed by atoms with Gasteiger partial charge in [-0.05, 0) is 18.8 Å². The van der Waals surface area contributed by atoms with Crippen molar-refractivity contribution >= 4 is 11.8 Å². The maximum Gasteiger partial charge on any atom is 0.235 e. The second-order valence-electron chi connectivity index (χ2n) is 5.97. The zero-order valence-corrected chi connectivity index (χ0v) is 11.2. The zero-order valence-electron chi connectivity index (χ0n) is 11.2. The summed E-state index contributed by atoms with van der Waals surface area (Å²) in [6, 6.07) is 0. The first kappa shape index (κ1) is 13.5. The van der Waals surface area contributed by atoms with Gasteiger partial charge in [-0.1, -0.05) is 32.6 Å². The molecule has 1 heterocycles. The molecule has 2 aliphatic rings. The molecule has 1 aliphatic carbocycles. The normalized spacial score (nSPS) is 25.6. The van der Waals surface area contributed by atoms with Crippen LogP contribution in [0, 0.1) is 11.3 Å². The van der Waals surface area contributed by atoms with Crippen LogP contribution in [-0.4, -0.2) is 35.0 Å². The second kappa shape index (κ2) is 5.39. The number of carbonyl (C=O) groups is 2. The van der Waals surface area contributed by atoms with E-state index in [2.05, 4.69) is 0 Å². The van der Waals surface area contributed by atoms with E-state index in [0.29, 0.717) is 13.0 Å². The molecule has 1 saturated carbocycles. The fourth-order valence-electron chi connectivity index (χ4n) is 3.21. The van der Waals surface area contributed by atoms with Gasteiger partial charge in [0.15, 0.2) is 0 Å². The largest absolute Gasteiger partial charge is 0.396 e. The predicted octanol–water partition coefficient (Wildman–Crippen LogP) is 1.71. The molecule has 2 rings (SSSR count). The quantitative estimate of drug-likeness (QED) is 0.779. The molecule has 1 saturated heterocycles. The third-order valence-electron chi connectivity index (χ3n) is 4.36. The van der Waals surface area contributed by atoms with Crippen LogP contribution in [0.15, 0.2) is 0 Å². The van der Waals surface area contributed by atoms with Crippen molar-refractivity contribution in [3.63, 3.8) is 0 Å². The molecule has 1 aliphatic heterocycles. The lowest BCUT2D eigenvalue weighted by atomic mass is 9.79. The molecule has 4 nitrogen and oxygen atoms in total. The van der Waals surface area contributed by atoms with Crippen molar-refractivity contribution in [3.8, 4) is 0 Å². The molecular weight excluding hydrogens is 230 g/mol. The molecule has 2 amide bonds. The highest BCUT2D eigenvalue weighted by molar-refractivity contribution is 6.05. The lowest BCUT2D eigenvalue weighted by molar-refractivity contribution is -0.142. The van der Waals surface area contributed by atoms with E-state index in [9.17, 15) is 9.59 Å².